The highest BCUT2D eigenvalue weighted by Crippen LogP contribution is 2.29. The fourth-order valence-electron chi connectivity index (χ4n) is 12.2. The number of carbonyl (C=O) groups excluding carboxylic acids is 4. The molecule has 2 fully saturated rings. The number of esters is 4. The van der Waals surface area contributed by atoms with Crippen LogP contribution in [-0.2, 0) is 57.1 Å². The maximum absolute atomic E-state index is 12.8. The number of allylic oxidation sites excluding steroid dienone is 16. The number of aliphatic hydroxyl groups excluding tert-OH is 6. The van der Waals surface area contributed by atoms with E-state index in [0.29, 0.717) is 19.3 Å². The van der Waals surface area contributed by atoms with E-state index in [9.17, 15) is 49.8 Å². The molecule has 0 spiro atoms. The van der Waals surface area contributed by atoms with Gasteiger partial charge in [0, 0.05) is 37.5 Å². The smallest absolute Gasteiger partial charge is 0.306 e. The van der Waals surface area contributed by atoms with E-state index in [1.807, 2.05) is 0 Å². The van der Waals surface area contributed by atoms with Crippen molar-refractivity contribution in [2.24, 2.45) is 11.8 Å². The van der Waals surface area contributed by atoms with Gasteiger partial charge in [-0.3, -0.25) is 19.2 Å². The maximum atomic E-state index is 12.8. The molecule has 2 aliphatic rings. The third kappa shape index (κ3) is 55.7. The Morgan fingerprint density at radius 2 is 0.585 bits per heavy atom. The van der Waals surface area contributed by atoms with Crippen molar-refractivity contribution in [2.75, 3.05) is 39.6 Å². The van der Waals surface area contributed by atoms with E-state index in [1.165, 1.54) is 109 Å². The molecule has 2 saturated heterocycles. The predicted molar refractivity (Wildman–Crippen MR) is 426 cm³/mol. The first-order chi connectivity index (χ1) is 51.7. The van der Waals surface area contributed by atoms with E-state index in [0.717, 1.165) is 135 Å². The van der Waals surface area contributed by atoms with Crippen molar-refractivity contribution in [3.8, 4) is 0 Å². The molecular formula is C88H152O18. The minimum atomic E-state index is -1.25. The molecule has 0 saturated carbocycles. The van der Waals surface area contributed by atoms with Crippen molar-refractivity contribution in [3.05, 3.63) is 97.2 Å². The van der Waals surface area contributed by atoms with Gasteiger partial charge in [-0.15, -0.1) is 0 Å². The number of aliphatic hydroxyl groups is 6. The van der Waals surface area contributed by atoms with Crippen LogP contribution in [0, 0.1) is 11.8 Å². The molecule has 0 bridgehead atoms. The Morgan fingerprint density at radius 1 is 0.321 bits per heavy atom. The van der Waals surface area contributed by atoms with Crippen LogP contribution in [0.15, 0.2) is 97.2 Å². The second-order valence-corrected chi connectivity index (χ2v) is 28.9. The number of rotatable bonds is 66. The lowest BCUT2D eigenvalue weighted by molar-refractivity contribution is -0.287. The fourth-order valence-corrected chi connectivity index (χ4v) is 12.2. The average molecular weight is 1500 g/mol. The van der Waals surface area contributed by atoms with Gasteiger partial charge in [0.1, 0.15) is 37.6 Å². The van der Waals surface area contributed by atoms with Gasteiger partial charge < -0.3 is 68.5 Å². The molecule has 2 rings (SSSR count). The number of ether oxygens (including phenoxy) is 8. The lowest BCUT2D eigenvalue weighted by Crippen LogP contribution is -2.55. The molecule has 2 heterocycles. The molecule has 0 radical (unpaired) electrons. The van der Waals surface area contributed by atoms with Crippen LogP contribution in [-0.4, -0.2) is 156 Å². The largest absolute Gasteiger partial charge is 0.462 e. The van der Waals surface area contributed by atoms with Gasteiger partial charge in [-0.25, -0.2) is 0 Å². The van der Waals surface area contributed by atoms with Crippen molar-refractivity contribution in [1.82, 2.24) is 0 Å². The molecule has 6 N–H and O–H groups in total. The van der Waals surface area contributed by atoms with Crippen LogP contribution in [0.25, 0.3) is 0 Å². The fraction of sp³-hybridized carbons (Fsp3) is 0.773. The first-order valence-electron chi connectivity index (χ1n) is 42.1. The molecular weight excluding hydrogens is 1340 g/mol. The average Bonchev–Trinajstić information content (AvgIpc) is 0.827. The van der Waals surface area contributed by atoms with E-state index in [-0.39, 0.29) is 69.6 Å². The van der Waals surface area contributed by atoms with E-state index in [4.69, 9.17) is 37.9 Å². The first kappa shape index (κ1) is 99.4. The van der Waals surface area contributed by atoms with E-state index in [2.05, 4.69) is 125 Å². The molecule has 2 aliphatic heterocycles. The number of hydrogen-bond donors (Lipinski definition) is 6. The van der Waals surface area contributed by atoms with Crippen LogP contribution >= 0.6 is 0 Å². The Balaban J connectivity index is 0.00000106. The summed E-state index contributed by atoms with van der Waals surface area (Å²) < 4.78 is 45.4. The normalized spacial score (nSPS) is 21.4. The van der Waals surface area contributed by atoms with Crippen molar-refractivity contribution in [2.45, 2.75) is 385 Å². The van der Waals surface area contributed by atoms with E-state index < -0.39 is 86.5 Å². The Kier molecular flexibility index (Phi) is 67.5. The second-order valence-electron chi connectivity index (χ2n) is 28.9. The van der Waals surface area contributed by atoms with E-state index >= 15 is 0 Å². The van der Waals surface area contributed by atoms with Crippen LogP contribution in [0.4, 0.5) is 0 Å². The zero-order chi connectivity index (χ0) is 77.6. The van der Waals surface area contributed by atoms with Gasteiger partial charge in [-0.2, -0.15) is 0 Å². The SMILES string of the molecule is CC/C=C\C/C=C\C/C=C\C/C=C\C/C=C\CCCC(=O)OCC(COC1OC(CO)C(O)C(O)C1C)OC(=O)CCCCCCCCCCCCC.CCCCC/C=C\C/C=C\CCCCCCCC(=O)OC(COC(=O)CCCCCCC/C=C\CCCCCC)COC1OC(CO)C(O)C(O)C1C. The van der Waals surface area contributed by atoms with Gasteiger partial charge in [-0.05, 0) is 122 Å². The van der Waals surface area contributed by atoms with E-state index in [1.54, 1.807) is 13.8 Å². The Morgan fingerprint density at radius 3 is 0.934 bits per heavy atom. The van der Waals surface area contributed by atoms with Crippen molar-refractivity contribution < 1.29 is 87.7 Å². The van der Waals surface area contributed by atoms with Gasteiger partial charge in [0.05, 0.1) is 38.6 Å². The summed E-state index contributed by atoms with van der Waals surface area (Å²) in [5.41, 5.74) is 0. The van der Waals surface area contributed by atoms with Crippen molar-refractivity contribution in [1.29, 1.82) is 0 Å². The third-order valence-electron chi connectivity index (χ3n) is 19.1. The molecule has 0 aliphatic carbocycles. The first-order valence-corrected chi connectivity index (χ1v) is 42.1. The number of carbonyl (C=O) groups is 4. The molecule has 18 heteroatoms. The maximum Gasteiger partial charge on any atom is 0.306 e. The lowest BCUT2D eigenvalue weighted by Gasteiger charge is -2.40. The molecule has 18 nitrogen and oxygen atoms in total. The molecule has 12 atom stereocenters. The summed E-state index contributed by atoms with van der Waals surface area (Å²) in [6.07, 6.45) is 69.5. The highest BCUT2D eigenvalue weighted by atomic mass is 16.7. The monoisotopic (exact) mass is 1500 g/mol. The summed E-state index contributed by atoms with van der Waals surface area (Å²) in [4.78, 5) is 50.6. The topological polar surface area (TPSA) is 263 Å². The number of unbranched alkanes of at least 4 members (excludes halogenated alkanes) is 28. The summed E-state index contributed by atoms with van der Waals surface area (Å²) >= 11 is 0. The summed E-state index contributed by atoms with van der Waals surface area (Å²) in [5, 5.41) is 60.2. The molecule has 0 amide bonds. The van der Waals surface area contributed by atoms with Crippen molar-refractivity contribution >= 4 is 23.9 Å². The Hall–Kier alpha value is -4.60. The van der Waals surface area contributed by atoms with Gasteiger partial charge in [0.25, 0.3) is 0 Å². The zero-order valence-electron chi connectivity index (χ0n) is 67.1. The molecule has 0 aromatic rings. The zero-order valence-corrected chi connectivity index (χ0v) is 67.1. The van der Waals surface area contributed by atoms with Crippen LogP contribution in [0.5, 0.6) is 0 Å². The molecule has 0 aromatic heterocycles. The van der Waals surface area contributed by atoms with Gasteiger partial charge in [-0.1, -0.05) is 274 Å². The predicted octanol–water partition coefficient (Wildman–Crippen LogP) is 18.8. The van der Waals surface area contributed by atoms with Crippen LogP contribution in [0.1, 0.15) is 324 Å². The van der Waals surface area contributed by atoms with Gasteiger partial charge >= 0.3 is 23.9 Å². The summed E-state index contributed by atoms with van der Waals surface area (Å²) in [6.45, 7) is 10.6. The van der Waals surface area contributed by atoms with Crippen LogP contribution < -0.4 is 0 Å². The summed E-state index contributed by atoms with van der Waals surface area (Å²) in [6, 6.07) is 0. The van der Waals surface area contributed by atoms with Gasteiger partial charge in [0.2, 0.25) is 0 Å². The summed E-state index contributed by atoms with van der Waals surface area (Å²) in [5.74, 6) is -2.68. The lowest BCUT2D eigenvalue weighted by atomic mass is 9.92. The van der Waals surface area contributed by atoms with Crippen LogP contribution in [0.3, 0.4) is 0 Å². The highest BCUT2D eigenvalue weighted by Gasteiger charge is 2.44. The molecule has 612 valence electrons. The molecule has 12 unspecified atom stereocenters. The highest BCUT2D eigenvalue weighted by molar-refractivity contribution is 5.71. The minimum Gasteiger partial charge on any atom is -0.462 e. The molecule has 0 aromatic carbocycles. The molecule has 106 heavy (non-hydrogen) atoms. The van der Waals surface area contributed by atoms with Crippen molar-refractivity contribution in [3.63, 3.8) is 0 Å². The third-order valence-corrected chi connectivity index (χ3v) is 19.1. The Labute approximate surface area is 642 Å². The van der Waals surface area contributed by atoms with Crippen LogP contribution in [0.2, 0.25) is 0 Å². The summed E-state index contributed by atoms with van der Waals surface area (Å²) in [7, 11) is 0. The van der Waals surface area contributed by atoms with Gasteiger partial charge in [0.15, 0.2) is 24.8 Å². The minimum absolute atomic E-state index is 0.121. The standard InChI is InChI=1S/C44H74O9.C44H78O9/c1-4-6-8-10-12-14-16-17-18-19-20-21-23-24-26-28-30-32-40(46)50-35-38(36-51-44-37(3)42(48)43(49)39(34-45)53-44)52-41(47)33-31-29-27-25-22-15-13-11-9-7-5-2;1-4-6-8-10-12-14-16-18-19-21-23-25-27-29-31-33-41(47)52-38(36-51-44-37(3)42(48)43(49)39(34-45)53-44)35-50-40(46)32-30-28-26-24-22-20-17-15-13-11-9-7-5-2/h6,8,12,14,17-18,20-21,24,26,37-39,42-45,48-49H,4-5,7,9-11,13,15-16,19,22-23,25,27-36H2,1-3H3;12,14-15,17-19,37-39,42-45,48-49H,4-11,13,16,20-36H2,1-3H3/b8-6-,14-12-,18-17-,21-20-,26-24-;14-12-,17-15-,19-18-. The number of hydrogen-bond acceptors (Lipinski definition) is 18. The Bertz CT molecular complexity index is 2330. The second kappa shape index (κ2) is 72.0. The quantitative estimate of drug-likeness (QED) is 0.0143.